The lowest BCUT2D eigenvalue weighted by molar-refractivity contribution is -0.384. The normalized spacial score (nSPS) is 22.3. The first-order valence-electron chi connectivity index (χ1n) is 7.01. The molecule has 0 heterocycles. The summed E-state index contributed by atoms with van der Waals surface area (Å²) in [4.78, 5) is 10.2. The van der Waals surface area contributed by atoms with Crippen LogP contribution in [0.25, 0.3) is 0 Å². The third-order valence-electron chi connectivity index (χ3n) is 3.98. The Morgan fingerprint density at radius 2 is 2.05 bits per heavy atom. The number of nitro benzene ring substituents is 1. The fraction of sp³-hybridized carbons (Fsp3) is 0.538. The van der Waals surface area contributed by atoms with E-state index in [1.54, 1.807) is 0 Å². The predicted molar refractivity (Wildman–Crippen MR) is 80.9 cm³/mol. The third kappa shape index (κ3) is 3.73. The van der Waals surface area contributed by atoms with Gasteiger partial charge in [0.1, 0.15) is 5.69 Å². The molecular weight excluding hydrogens is 310 g/mol. The minimum Gasteiger partial charge on any atom is -0.396 e. The largest absolute Gasteiger partial charge is 0.396 e. The molecule has 4 N–H and O–H groups in total. The quantitative estimate of drug-likeness (QED) is 0.548. The summed E-state index contributed by atoms with van der Waals surface area (Å²) >= 11 is 0. The van der Waals surface area contributed by atoms with Gasteiger partial charge in [0, 0.05) is 24.6 Å². The van der Waals surface area contributed by atoms with Crippen molar-refractivity contribution in [2.45, 2.75) is 36.6 Å². The van der Waals surface area contributed by atoms with Gasteiger partial charge in [0.25, 0.3) is 5.69 Å². The van der Waals surface area contributed by atoms with Gasteiger partial charge >= 0.3 is 0 Å². The van der Waals surface area contributed by atoms with Crippen LogP contribution in [0.1, 0.15) is 25.7 Å². The van der Waals surface area contributed by atoms with E-state index in [0.29, 0.717) is 0 Å². The standard InChI is InChI=1S/C13H19N3O5S/c14-22(20,21)10-5-6-12(13(7-10)16(18)19)15-11-4-2-1-3-9(11)8-17/h5-7,9,11,15,17H,1-4,8H2,(H2,14,20,21)/t9-,11+/m1/s1. The number of aliphatic hydroxyl groups is 1. The van der Waals surface area contributed by atoms with E-state index >= 15 is 0 Å². The molecule has 0 unspecified atom stereocenters. The number of benzene rings is 1. The zero-order chi connectivity index (χ0) is 16.3. The number of aliphatic hydroxyl groups excluding tert-OH is 1. The molecule has 1 aromatic rings. The zero-order valence-electron chi connectivity index (χ0n) is 11.9. The molecule has 0 radical (unpaired) electrons. The van der Waals surface area contributed by atoms with Crippen molar-refractivity contribution in [1.29, 1.82) is 0 Å². The molecule has 122 valence electrons. The van der Waals surface area contributed by atoms with E-state index in [-0.39, 0.29) is 34.8 Å². The summed E-state index contributed by atoms with van der Waals surface area (Å²) in [6.45, 7) is 0.0146. The van der Waals surface area contributed by atoms with Crippen molar-refractivity contribution in [2.24, 2.45) is 11.1 Å². The molecule has 8 nitrogen and oxygen atoms in total. The lowest BCUT2D eigenvalue weighted by Crippen LogP contribution is -2.34. The first-order chi connectivity index (χ1) is 10.3. The summed E-state index contributed by atoms with van der Waals surface area (Å²) in [6.07, 6.45) is 3.67. The lowest BCUT2D eigenvalue weighted by atomic mass is 9.85. The van der Waals surface area contributed by atoms with Gasteiger partial charge in [-0.25, -0.2) is 13.6 Å². The zero-order valence-corrected chi connectivity index (χ0v) is 12.8. The SMILES string of the molecule is NS(=O)(=O)c1ccc(N[C@H]2CCCC[C@@H]2CO)c([N+](=O)[O-])c1. The first kappa shape index (κ1) is 16.7. The maximum atomic E-state index is 11.3. The van der Waals surface area contributed by atoms with Crippen molar-refractivity contribution in [2.75, 3.05) is 11.9 Å². The summed E-state index contributed by atoms with van der Waals surface area (Å²) in [7, 11) is -4.00. The van der Waals surface area contributed by atoms with Crippen LogP contribution in [0.4, 0.5) is 11.4 Å². The van der Waals surface area contributed by atoms with Crippen molar-refractivity contribution in [3.05, 3.63) is 28.3 Å². The van der Waals surface area contributed by atoms with Crippen molar-refractivity contribution >= 4 is 21.4 Å². The number of hydrogen-bond donors (Lipinski definition) is 3. The molecule has 0 amide bonds. The van der Waals surface area contributed by atoms with Gasteiger partial charge in [-0.15, -0.1) is 0 Å². The van der Waals surface area contributed by atoms with E-state index in [4.69, 9.17) is 5.14 Å². The number of hydrogen-bond acceptors (Lipinski definition) is 6. The fourth-order valence-electron chi connectivity index (χ4n) is 2.78. The molecule has 1 saturated carbocycles. The molecule has 2 rings (SSSR count). The predicted octanol–water partition coefficient (Wildman–Crippen LogP) is 1.21. The second kappa shape index (κ2) is 6.59. The Balaban J connectivity index is 2.32. The Bertz CT molecular complexity index is 662. The Morgan fingerprint density at radius 1 is 1.36 bits per heavy atom. The van der Waals surface area contributed by atoms with Crippen LogP contribution < -0.4 is 10.5 Å². The van der Waals surface area contributed by atoms with E-state index in [1.165, 1.54) is 12.1 Å². The van der Waals surface area contributed by atoms with Gasteiger partial charge in [0.2, 0.25) is 10.0 Å². The molecule has 1 aromatic carbocycles. The molecule has 2 atom stereocenters. The molecule has 9 heteroatoms. The highest BCUT2D eigenvalue weighted by Crippen LogP contribution is 2.32. The average molecular weight is 329 g/mol. The smallest absolute Gasteiger partial charge is 0.293 e. The number of primary sulfonamides is 1. The fourth-order valence-corrected chi connectivity index (χ4v) is 3.31. The van der Waals surface area contributed by atoms with Gasteiger partial charge in [0.15, 0.2) is 0 Å². The molecular formula is C13H19N3O5S. The van der Waals surface area contributed by atoms with Gasteiger partial charge in [-0.3, -0.25) is 10.1 Å². The molecule has 0 saturated heterocycles. The summed E-state index contributed by atoms with van der Waals surface area (Å²) in [6, 6.07) is 3.47. The molecule has 0 aliphatic heterocycles. The summed E-state index contributed by atoms with van der Waals surface area (Å²) in [5.41, 5.74) is -0.100. The molecule has 1 aliphatic rings. The van der Waals surface area contributed by atoms with Crippen LogP contribution in [0.3, 0.4) is 0 Å². The van der Waals surface area contributed by atoms with Crippen molar-refractivity contribution in [3.8, 4) is 0 Å². The molecule has 0 bridgehead atoms. The monoisotopic (exact) mass is 329 g/mol. The second-order valence-corrected chi connectivity index (χ2v) is 7.02. The number of anilines is 1. The van der Waals surface area contributed by atoms with Crippen LogP contribution in [0, 0.1) is 16.0 Å². The lowest BCUT2D eigenvalue weighted by Gasteiger charge is -2.31. The Kier molecular flexibility index (Phi) is 4.99. The Labute approximate surface area is 128 Å². The van der Waals surface area contributed by atoms with Crippen molar-refractivity contribution < 1.29 is 18.4 Å². The molecule has 1 fully saturated rings. The van der Waals surface area contributed by atoms with Crippen LogP contribution in [-0.4, -0.2) is 31.1 Å². The number of nitro groups is 1. The highest BCUT2D eigenvalue weighted by atomic mass is 32.2. The number of nitrogens with zero attached hydrogens (tertiary/aromatic N) is 1. The van der Waals surface area contributed by atoms with Gasteiger partial charge in [-0.2, -0.15) is 0 Å². The average Bonchev–Trinajstić information content (AvgIpc) is 2.46. The topological polar surface area (TPSA) is 136 Å². The maximum Gasteiger partial charge on any atom is 0.293 e. The van der Waals surface area contributed by atoms with Crippen LogP contribution in [-0.2, 0) is 10.0 Å². The van der Waals surface area contributed by atoms with Crippen LogP contribution in [0.5, 0.6) is 0 Å². The first-order valence-corrected chi connectivity index (χ1v) is 8.56. The highest BCUT2D eigenvalue weighted by molar-refractivity contribution is 7.89. The Morgan fingerprint density at radius 3 is 2.64 bits per heavy atom. The molecule has 1 aliphatic carbocycles. The van der Waals surface area contributed by atoms with Gasteiger partial charge in [0.05, 0.1) is 9.82 Å². The minimum absolute atomic E-state index is 0.0146. The number of rotatable bonds is 5. The summed E-state index contributed by atoms with van der Waals surface area (Å²) in [5, 5.41) is 28.6. The van der Waals surface area contributed by atoms with E-state index in [1.807, 2.05) is 0 Å². The number of sulfonamides is 1. The number of nitrogens with one attached hydrogen (secondary N) is 1. The molecule has 0 aromatic heterocycles. The van der Waals surface area contributed by atoms with Gasteiger partial charge in [-0.05, 0) is 25.0 Å². The number of nitrogens with two attached hydrogens (primary N) is 1. The van der Waals surface area contributed by atoms with Crippen molar-refractivity contribution in [1.82, 2.24) is 0 Å². The molecule has 0 spiro atoms. The van der Waals surface area contributed by atoms with Crippen LogP contribution >= 0.6 is 0 Å². The van der Waals surface area contributed by atoms with E-state index in [0.717, 1.165) is 31.7 Å². The van der Waals surface area contributed by atoms with Gasteiger partial charge < -0.3 is 10.4 Å². The summed E-state index contributed by atoms with van der Waals surface area (Å²) < 4.78 is 22.6. The van der Waals surface area contributed by atoms with E-state index in [2.05, 4.69) is 5.32 Å². The maximum absolute atomic E-state index is 11.3. The van der Waals surface area contributed by atoms with E-state index in [9.17, 15) is 23.6 Å². The third-order valence-corrected chi connectivity index (χ3v) is 4.89. The molecule has 22 heavy (non-hydrogen) atoms. The second-order valence-electron chi connectivity index (χ2n) is 5.46. The van der Waals surface area contributed by atoms with Crippen LogP contribution in [0.2, 0.25) is 0 Å². The summed E-state index contributed by atoms with van der Waals surface area (Å²) in [5.74, 6) is 0.0336. The Hall–Kier alpha value is -1.71. The van der Waals surface area contributed by atoms with Gasteiger partial charge in [-0.1, -0.05) is 12.8 Å². The van der Waals surface area contributed by atoms with Crippen LogP contribution in [0.15, 0.2) is 23.1 Å². The van der Waals surface area contributed by atoms with E-state index < -0.39 is 14.9 Å². The highest BCUT2D eigenvalue weighted by Gasteiger charge is 2.27. The minimum atomic E-state index is -4.00. The van der Waals surface area contributed by atoms with Crippen molar-refractivity contribution in [3.63, 3.8) is 0 Å².